The molecule has 0 spiro atoms. The molecule has 0 aliphatic rings. The number of benzene rings is 2. The van der Waals surface area contributed by atoms with E-state index < -0.39 is 0 Å². The number of hydrogen-bond donors (Lipinski definition) is 2. The molecule has 0 saturated carbocycles. The zero-order chi connectivity index (χ0) is 19.8. The minimum atomic E-state index is -0.246. The van der Waals surface area contributed by atoms with Crippen molar-refractivity contribution in [2.45, 2.75) is 26.7 Å². The summed E-state index contributed by atoms with van der Waals surface area (Å²) < 4.78 is 0. The highest BCUT2D eigenvalue weighted by molar-refractivity contribution is 5.99. The van der Waals surface area contributed by atoms with Gasteiger partial charge < -0.3 is 15.5 Å². The van der Waals surface area contributed by atoms with E-state index in [9.17, 15) is 14.4 Å². The predicted molar refractivity (Wildman–Crippen MR) is 107 cm³/mol. The van der Waals surface area contributed by atoms with Crippen LogP contribution in [0.4, 0.5) is 11.4 Å². The van der Waals surface area contributed by atoms with Crippen molar-refractivity contribution in [2.75, 3.05) is 24.2 Å². The average Bonchev–Trinajstić information content (AvgIpc) is 2.60. The monoisotopic (exact) mass is 367 g/mol. The van der Waals surface area contributed by atoms with Gasteiger partial charge in [0, 0.05) is 44.4 Å². The Hall–Kier alpha value is -3.15. The molecule has 2 rings (SSSR count). The van der Waals surface area contributed by atoms with Crippen molar-refractivity contribution in [3.05, 3.63) is 59.7 Å². The van der Waals surface area contributed by atoms with Gasteiger partial charge >= 0.3 is 0 Å². The number of nitrogens with zero attached hydrogens (tertiary/aromatic N) is 1. The van der Waals surface area contributed by atoms with Gasteiger partial charge in [-0.25, -0.2) is 0 Å². The zero-order valence-electron chi connectivity index (χ0n) is 15.9. The Bertz CT molecular complexity index is 784. The molecule has 0 aromatic heterocycles. The predicted octanol–water partition coefficient (Wildman–Crippen LogP) is 3.31. The fourth-order valence-electron chi connectivity index (χ4n) is 2.79. The Morgan fingerprint density at radius 3 is 1.96 bits per heavy atom. The Morgan fingerprint density at radius 1 is 0.889 bits per heavy atom. The number of nitrogens with one attached hydrogen (secondary N) is 2. The lowest BCUT2D eigenvalue weighted by molar-refractivity contribution is -0.115. The highest BCUT2D eigenvalue weighted by Gasteiger charge is 2.14. The summed E-state index contributed by atoms with van der Waals surface area (Å²) in [6.45, 7) is 3.39. The van der Waals surface area contributed by atoms with Crippen LogP contribution in [0.15, 0.2) is 48.5 Å². The number of hydrogen-bond acceptors (Lipinski definition) is 3. The molecule has 0 radical (unpaired) electrons. The second kappa shape index (κ2) is 9.52. The second-order valence-corrected chi connectivity index (χ2v) is 6.48. The van der Waals surface area contributed by atoms with Crippen LogP contribution in [0.1, 0.15) is 36.2 Å². The number of carbonyl (C=O) groups excluding carboxylic acids is 3. The molecule has 2 aromatic carbocycles. The maximum absolute atomic E-state index is 12.8. The van der Waals surface area contributed by atoms with Crippen molar-refractivity contribution in [2.24, 2.45) is 0 Å². The first-order valence-electron chi connectivity index (χ1n) is 8.85. The minimum absolute atomic E-state index is 0.165. The Balaban J connectivity index is 2.07. The number of amides is 3. The normalized spacial score (nSPS) is 10.2. The molecule has 0 fully saturated rings. The summed E-state index contributed by atoms with van der Waals surface area (Å²) in [5.41, 5.74) is 2.58. The van der Waals surface area contributed by atoms with Gasteiger partial charge in [0.1, 0.15) is 0 Å². The third-order valence-electron chi connectivity index (χ3n) is 3.97. The van der Waals surface area contributed by atoms with Crippen molar-refractivity contribution in [1.82, 2.24) is 4.90 Å². The zero-order valence-corrected chi connectivity index (χ0v) is 15.9. The molecule has 0 heterocycles. The largest absolute Gasteiger partial charge is 0.342 e. The van der Waals surface area contributed by atoms with E-state index in [0.29, 0.717) is 23.5 Å². The third kappa shape index (κ3) is 6.58. The van der Waals surface area contributed by atoms with E-state index in [2.05, 4.69) is 22.8 Å². The van der Waals surface area contributed by atoms with Crippen LogP contribution in [0.3, 0.4) is 0 Å². The lowest BCUT2D eigenvalue weighted by Gasteiger charge is -2.18. The van der Waals surface area contributed by atoms with Crippen LogP contribution in [-0.2, 0) is 16.0 Å². The van der Waals surface area contributed by atoms with Gasteiger partial charge in [-0.15, -0.1) is 0 Å². The summed E-state index contributed by atoms with van der Waals surface area (Å²) in [7, 11) is 1.75. The summed E-state index contributed by atoms with van der Waals surface area (Å²) in [5.74, 6) is -0.656. The van der Waals surface area contributed by atoms with Crippen LogP contribution in [-0.4, -0.2) is 36.2 Å². The lowest BCUT2D eigenvalue weighted by atomic mass is 10.1. The Morgan fingerprint density at radius 2 is 1.44 bits per heavy atom. The maximum Gasteiger partial charge on any atom is 0.253 e. The molecule has 6 nitrogen and oxygen atoms in total. The van der Waals surface area contributed by atoms with Crippen LogP contribution in [0, 0.1) is 0 Å². The number of aryl methyl sites for hydroxylation is 1. The van der Waals surface area contributed by atoms with Crippen LogP contribution in [0.25, 0.3) is 0 Å². The molecule has 0 saturated heterocycles. The molecule has 2 aromatic rings. The van der Waals surface area contributed by atoms with Crippen molar-refractivity contribution in [3.63, 3.8) is 0 Å². The fourth-order valence-corrected chi connectivity index (χ4v) is 2.79. The molecule has 142 valence electrons. The molecule has 0 aliphatic heterocycles. The molecular formula is C21H25N3O3. The first kappa shape index (κ1) is 20.2. The number of anilines is 2. The topological polar surface area (TPSA) is 78.5 Å². The number of rotatable bonds is 7. The molecule has 27 heavy (non-hydrogen) atoms. The molecule has 0 atom stereocenters. The SMILES string of the molecule is CC(=O)Nc1cc(NC(C)=O)cc(C(=O)N(C)CCCc2ccccc2)c1. The van der Waals surface area contributed by atoms with Crippen LogP contribution < -0.4 is 10.6 Å². The summed E-state index contributed by atoms with van der Waals surface area (Å²) in [6, 6.07) is 15.0. The van der Waals surface area contributed by atoms with E-state index in [1.807, 2.05) is 18.2 Å². The minimum Gasteiger partial charge on any atom is -0.342 e. The first-order valence-corrected chi connectivity index (χ1v) is 8.85. The molecule has 2 N–H and O–H groups in total. The van der Waals surface area contributed by atoms with Crippen molar-refractivity contribution in [1.29, 1.82) is 0 Å². The van der Waals surface area contributed by atoms with Gasteiger partial charge in [0.25, 0.3) is 5.91 Å². The first-order chi connectivity index (χ1) is 12.8. The Kier molecular flexibility index (Phi) is 7.11. The highest BCUT2D eigenvalue weighted by atomic mass is 16.2. The Labute approximate surface area is 159 Å². The highest BCUT2D eigenvalue weighted by Crippen LogP contribution is 2.20. The quantitative estimate of drug-likeness (QED) is 0.788. The van der Waals surface area contributed by atoms with Gasteiger partial charge in [0.2, 0.25) is 11.8 Å². The van der Waals surface area contributed by atoms with Gasteiger partial charge in [0.05, 0.1) is 0 Å². The molecular weight excluding hydrogens is 342 g/mol. The smallest absolute Gasteiger partial charge is 0.253 e. The van der Waals surface area contributed by atoms with Gasteiger partial charge in [-0.05, 0) is 36.6 Å². The summed E-state index contributed by atoms with van der Waals surface area (Å²) in [6.07, 6.45) is 1.73. The molecule has 0 unspecified atom stereocenters. The standard InChI is InChI=1S/C21H25N3O3/c1-15(25)22-19-12-18(13-20(14-19)23-16(2)26)21(27)24(3)11-7-10-17-8-5-4-6-9-17/h4-6,8-9,12-14H,7,10-11H2,1-3H3,(H,22,25)(H,23,26). The molecule has 3 amide bonds. The van der Waals surface area contributed by atoms with Gasteiger partial charge in [-0.2, -0.15) is 0 Å². The second-order valence-electron chi connectivity index (χ2n) is 6.48. The molecule has 6 heteroatoms. The van der Waals surface area contributed by atoms with Crippen LogP contribution in [0.5, 0.6) is 0 Å². The van der Waals surface area contributed by atoms with Crippen molar-refractivity contribution >= 4 is 29.1 Å². The summed E-state index contributed by atoms with van der Waals surface area (Å²) in [5, 5.41) is 5.31. The number of carbonyl (C=O) groups is 3. The summed E-state index contributed by atoms with van der Waals surface area (Å²) >= 11 is 0. The van der Waals surface area contributed by atoms with Gasteiger partial charge in [-0.1, -0.05) is 30.3 Å². The van der Waals surface area contributed by atoms with Crippen LogP contribution >= 0.6 is 0 Å². The van der Waals surface area contributed by atoms with Crippen molar-refractivity contribution in [3.8, 4) is 0 Å². The molecule has 0 aliphatic carbocycles. The van der Waals surface area contributed by atoms with Crippen molar-refractivity contribution < 1.29 is 14.4 Å². The third-order valence-corrected chi connectivity index (χ3v) is 3.97. The van der Waals surface area contributed by atoms with Gasteiger partial charge in [-0.3, -0.25) is 14.4 Å². The van der Waals surface area contributed by atoms with E-state index in [4.69, 9.17) is 0 Å². The van der Waals surface area contributed by atoms with E-state index in [-0.39, 0.29) is 17.7 Å². The maximum atomic E-state index is 12.8. The van der Waals surface area contributed by atoms with Gasteiger partial charge in [0.15, 0.2) is 0 Å². The molecule has 0 bridgehead atoms. The van der Waals surface area contributed by atoms with Crippen LogP contribution in [0.2, 0.25) is 0 Å². The van der Waals surface area contributed by atoms with E-state index in [1.165, 1.54) is 19.4 Å². The summed E-state index contributed by atoms with van der Waals surface area (Å²) in [4.78, 5) is 37.1. The fraction of sp³-hybridized carbons (Fsp3) is 0.286. The average molecular weight is 367 g/mol. The van der Waals surface area contributed by atoms with E-state index >= 15 is 0 Å². The van der Waals surface area contributed by atoms with E-state index in [0.717, 1.165) is 12.8 Å². The lowest BCUT2D eigenvalue weighted by Crippen LogP contribution is -2.28. The van der Waals surface area contributed by atoms with E-state index in [1.54, 1.807) is 30.1 Å².